The standard InChI is InChI=1S/C20H29N5S.HI/c1-17(16-23-20(21)22-10-9-19-8-5-15-26-19)24-11-13-25(14-12-24)18-6-3-2-4-7-18;/h2-8,15,17H,9-14,16H2,1H3,(H3,21,22,23);1H. The summed E-state index contributed by atoms with van der Waals surface area (Å²) in [5.41, 5.74) is 7.32. The molecule has 1 aliphatic rings. The second-order valence-corrected chi connectivity index (χ2v) is 7.72. The Morgan fingerprint density at radius 1 is 1.15 bits per heavy atom. The number of thiophene rings is 1. The fraction of sp³-hybridized carbons (Fsp3) is 0.450. The van der Waals surface area contributed by atoms with Gasteiger partial charge in [0.1, 0.15) is 0 Å². The van der Waals surface area contributed by atoms with E-state index in [9.17, 15) is 0 Å². The van der Waals surface area contributed by atoms with Crippen molar-refractivity contribution in [1.82, 2.24) is 10.2 Å². The first-order valence-electron chi connectivity index (χ1n) is 9.32. The molecule has 5 nitrogen and oxygen atoms in total. The van der Waals surface area contributed by atoms with Gasteiger partial charge in [-0.15, -0.1) is 35.3 Å². The molecule has 0 radical (unpaired) electrons. The van der Waals surface area contributed by atoms with Gasteiger partial charge in [-0.25, -0.2) is 0 Å². The summed E-state index contributed by atoms with van der Waals surface area (Å²) < 4.78 is 0. The third-order valence-electron chi connectivity index (χ3n) is 4.84. The largest absolute Gasteiger partial charge is 0.370 e. The Hall–Kier alpha value is -1.32. The van der Waals surface area contributed by atoms with E-state index in [1.807, 2.05) is 0 Å². The molecule has 3 rings (SSSR count). The van der Waals surface area contributed by atoms with Crippen LogP contribution < -0.4 is 16.0 Å². The summed E-state index contributed by atoms with van der Waals surface area (Å²) in [6.07, 6.45) is 0.991. The van der Waals surface area contributed by atoms with Crippen molar-refractivity contribution >= 4 is 47.0 Å². The molecule has 1 atom stereocenters. The van der Waals surface area contributed by atoms with Crippen LogP contribution in [-0.2, 0) is 6.42 Å². The number of rotatable bonds is 7. The predicted molar refractivity (Wildman–Crippen MR) is 128 cm³/mol. The highest BCUT2D eigenvalue weighted by Crippen LogP contribution is 2.16. The lowest BCUT2D eigenvalue weighted by Gasteiger charge is -2.38. The van der Waals surface area contributed by atoms with Gasteiger partial charge in [0, 0.05) is 49.3 Å². The van der Waals surface area contributed by atoms with Crippen molar-refractivity contribution in [2.75, 3.05) is 44.2 Å². The summed E-state index contributed by atoms with van der Waals surface area (Å²) in [6.45, 7) is 8.07. The normalized spacial score (nSPS) is 16.6. The lowest BCUT2D eigenvalue weighted by Crippen LogP contribution is -2.50. The first-order chi connectivity index (χ1) is 12.7. The summed E-state index contributed by atoms with van der Waals surface area (Å²) in [6, 6.07) is 15.3. The quantitative estimate of drug-likeness (QED) is 0.350. The zero-order valence-electron chi connectivity index (χ0n) is 15.9. The van der Waals surface area contributed by atoms with Gasteiger partial charge in [0.15, 0.2) is 5.96 Å². The Kier molecular flexibility index (Phi) is 9.36. The third-order valence-corrected chi connectivity index (χ3v) is 5.78. The number of nitrogens with zero attached hydrogens (tertiary/aromatic N) is 3. The van der Waals surface area contributed by atoms with E-state index in [2.05, 4.69) is 74.9 Å². The topological polar surface area (TPSA) is 56.9 Å². The van der Waals surface area contributed by atoms with Gasteiger partial charge in [0.2, 0.25) is 0 Å². The molecule has 2 heterocycles. The maximum absolute atomic E-state index is 6.00. The van der Waals surface area contributed by atoms with Crippen LogP contribution in [0.2, 0.25) is 0 Å². The molecule has 0 spiro atoms. The van der Waals surface area contributed by atoms with E-state index in [1.54, 1.807) is 11.3 Å². The second-order valence-electron chi connectivity index (χ2n) is 6.69. The van der Waals surface area contributed by atoms with E-state index in [0.29, 0.717) is 12.0 Å². The van der Waals surface area contributed by atoms with Crippen molar-refractivity contribution in [1.29, 1.82) is 0 Å². The van der Waals surface area contributed by atoms with Crippen molar-refractivity contribution in [2.45, 2.75) is 19.4 Å². The number of anilines is 1. The van der Waals surface area contributed by atoms with Crippen LogP contribution in [0.1, 0.15) is 11.8 Å². The number of hydrogen-bond donors (Lipinski definition) is 2. The van der Waals surface area contributed by atoms with Crippen molar-refractivity contribution in [3.8, 4) is 0 Å². The number of para-hydroxylation sites is 1. The van der Waals surface area contributed by atoms with Crippen LogP contribution in [0.25, 0.3) is 0 Å². The smallest absolute Gasteiger partial charge is 0.188 e. The zero-order chi connectivity index (χ0) is 18.2. The molecule has 0 aliphatic carbocycles. The lowest BCUT2D eigenvalue weighted by atomic mass is 10.2. The molecule has 1 fully saturated rings. The first-order valence-corrected chi connectivity index (χ1v) is 10.2. The molecule has 148 valence electrons. The second kappa shape index (κ2) is 11.5. The Morgan fingerprint density at radius 2 is 1.89 bits per heavy atom. The molecule has 0 bridgehead atoms. The van der Waals surface area contributed by atoms with Gasteiger partial charge in [-0.3, -0.25) is 9.89 Å². The molecule has 7 heteroatoms. The number of piperazine rings is 1. The summed E-state index contributed by atoms with van der Waals surface area (Å²) in [7, 11) is 0. The van der Waals surface area contributed by atoms with Crippen LogP contribution in [0.5, 0.6) is 0 Å². The van der Waals surface area contributed by atoms with Gasteiger partial charge < -0.3 is 16.0 Å². The average molecular weight is 499 g/mol. The van der Waals surface area contributed by atoms with Crippen LogP contribution in [0.4, 0.5) is 5.69 Å². The molecular weight excluding hydrogens is 469 g/mol. The van der Waals surface area contributed by atoms with E-state index < -0.39 is 0 Å². The minimum absolute atomic E-state index is 0. The number of nitrogens with one attached hydrogen (secondary N) is 1. The van der Waals surface area contributed by atoms with E-state index >= 15 is 0 Å². The Bertz CT molecular complexity index is 669. The maximum Gasteiger partial charge on any atom is 0.188 e. The summed E-state index contributed by atoms with van der Waals surface area (Å²) in [5.74, 6) is 0.552. The van der Waals surface area contributed by atoms with Crippen LogP contribution in [0.3, 0.4) is 0 Å². The minimum Gasteiger partial charge on any atom is -0.370 e. The maximum atomic E-state index is 6.00. The summed E-state index contributed by atoms with van der Waals surface area (Å²) in [5, 5.41) is 5.32. The fourth-order valence-corrected chi connectivity index (χ4v) is 3.94. The van der Waals surface area contributed by atoms with Gasteiger partial charge in [-0.05, 0) is 36.9 Å². The van der Waals surface area contributed by atoms with Gasteiger partial charge in [-0.2, -0.15) is 0 Å². The Labute approximate surface area is 183 Å². The van der Waals surface area contributed by atoms with Crippen molar-refractivity contribution in [2.24, 2.45) is 10.7 Å². The van der Waals surface area contributed by atoms with E-state index in [4.69, 9.17) is 5.73 Å². The van der Waals surface area contributed by atoms with Gasteiger partial charge >= 0.3 is 0 Å². The molecule has 0 amide bonds. The Balaban J connectivity index is 0.00000261. The molecular formula is C20H30IN5S. The minimum atomic E-state index is 0. The molecule has 1 aliphatic heterocycles. The molecule has 1 aromatic heterocycles. The molecule has 1 saturated heterocycles. The third kappa shape index (κ3) is 6.97. The highest BCUT2D eigenvalue weighted by atomic mass is 127. The highest BCUT2D eigenvalue weighted by Gasteiger charge is 2.20. The summed E-state index contributed by atoms with van der Waals surface area (Å²) in [4.78, 5) is 10.9. The lowest BCUT2D eigenvalue weighted by molar-refractivity contribution is 0.201. The van der Waals surface area contributed by atoms with Crippen LogP contribution >= 0.6 is 35.3 Å². The van der Waals surface area contributed by atoms with Gasteiger partial charge in [0.05, 0.1) is 6.54 Å². The highest BCUT2D eigenvalue weighted by molar-refractivity contribution is 14.0. The molecule has 3 N–H and O–H groups in total. The number of nitrogens with two attached hydrogens (primary N) is 1. The van der Waals surface area contributed by atoms with Crippen LogP contribution in [-0.4, -0.2) is 56.2 Å². The molecule has 1 unspecified atom stereocenters. The van der Waals surface area contributed by atoms with Crippen LogP contribution in [0.15, 0.2) is 52.8 Å². The fourth-order valence-electron chi connectivity index (χ4n) is 3.23. The van der Waals surface area contributed by atoms with Gasteiger partial charge in [0.25, 0.3) is 0 Å². The van der Waals surface area contributed by atoms with Crippen molar-refractivity contribution in [3.05, 3.63) is 52.7 Å². The number of benzene rings is 1. The molecule has 2 aromatic rings. The molecule has 0 saturated carbocycles. The van der Waals surface area contributed by atoms with Crippen molar-refractivity contribution in [3.63, 3.8) is 0 Å². The molecule has 27 heavy (non-hydrogen) atoms. The zero-order valence-corrected chi connectivity index (χ0v) is 19.0. The van der Waals surface area contributed by atoms with E-state index in [1.165, 1.54) is 10.6 Å². The average Bonchev–Trinajstić information content (AvgIpc) is 3.20. The molecule has 1 aromatic carbocycles. The SMILES string of the molecule is CC(CN=C(N)NCCc1cccs1)N1CCN(c2ccccc2)CC1.I. The number of aliphatic imine (C=N–C) groups is 1. The number of hydrogen-bond acceptors (Lipinski definition) is 4. The van der Waals surface area contributed by atoms with Crippen molar-refractivity contribution < 1.29 is 0 Å². The van der Waals surface area contributed by atoms with Gasteiger partial charge in [-0.1, -0.05) is 24.3 Å². The first kappa shape index (κ1) is 22.0. The van der Waals surface area contributed by atoms with E-state index in [-0.39, 0.29) is 24.0 Å². The van der Waals surface area contributed by atoms with Crippen LogP contribution in [0, 0.1) is 0 Å². The number of halogens is 1. The summed E-state index contributed by atoms with van der Waals surface area (Å²) >= 11 is 1.78. The monoisotopic (exact) mass is 499 g/mol. The Morgan fingerprint density at radius 3 is 2.56 bits per heavy atom. The number of guanidine groups is 1. The van der Waals surface area contributed by atoms with E-state index in [0.717, 1.165) is 45.7 Å². The predicted octanol–water partition coefficient (Wildman–Crippen LogP) is 3.02.